The lowest BCUT2D eigenvalue weighted by Crippen LogP contribution is -2.14. The number of halogens is 1. The fraction of sp³-hybridized carbons (Fsp3) is 0.0400. The van der Waals surface area contributed by atoms with E-state index in [0.29, 0.717) is 11.3 Å². The first-order valence-electron chi connectivity index (χ1n) is 9.78. The van der Waals surface area contributed by atoms with Crippen LogP contribution < -0.4 is 10.1 Å². The van der Waals surface area contributed by atoms with Gasteiger partial charge >= 0.3 is 11.9 Å². The van der Waals surface area contributed by atoms with Gasteiger partial charge in [0, 0.05) is 5.69 Å². The van der Waals surface area contributed by atoms with Crippen LogP contribution in [0, 0.1) is 14.9 Å². The van der Waals surface area contributed by atoms with Gasteiger partial charge in [0.05, 0.1) is 14.7 Å². The third-order valence-corrected chi connectivity index (χ3v) is 5.44. The number of rotatable bonds is 8. The Morgan fingerprint density at radius 2 is 1.68 bits per heavy atom. The maximum Gasteiger partial charge on any atom is 0.335 e. The van der Waals surface area contributed by atoms with Crippen LogP contribution in [0.25, 0.3) is 6.08 Å². The molecule has 0 bridgehead atoms. The van der Waals surface area contributed by atoms with E-state index in [4.69, 9.17) is 14.9 Å². The molecule has 0 aliphatic rings. The lowest BCUT2D eigenvalue weighted by atomic mass is 10.1. The van der Waals surface area contributed by atoms with Crippen molar-refractivity contribution < 1.29 is 29.3 Å². The third-order valence-electron chi connectivity index (χ3n) is 4.59. The molecule has 0 unspecified atom stereocenters. The molecule has 0 saturated carbocycles. The monoisotopic (exact) mass is 568 g/mol. The SMILES string of the molecule is N#C/C(=C/c1ccc(OCc2ccc(C(=O)O)cc2)c(I)c1)C(=O)Nc1cccc(C(=O)O)c1. The summed E-state index contributed by atoms with van der Waals surface area (Å²) >= 11 is 2.08. The largest absolute Gasteiger partial charge is 0.488 e. The second kappa shape index (κ2) is 11.1. The molecule has 170 valence electrons. The number of carboxylic acids is 2. The van der Waals surface area contributed by atoms with Crippen molar-refractivity contribution in [3.63, 3.8) is 0 Å². The summed E-state index contributed by atoms with van der Waals surface area (Å²) in [6.45, 7) is 0.242. The van der Waals surface area contributed by atoms with E-state index in [1.54, 1.807) is 30.3 Å². The Morgan fingerprint density at radius 1 is 0.971 bits per heavy atom. The number of carbonyl (C=O) groups is 3. The molecule has 3 aromatic carbocycles. The summed E-state index contributed by atoms with van der Waals surface area (Å²) in [5, 5.41) is 30.0. The normalized spacial score (nSPS) is 10.8. The van der Waals surface area contributed by atoms with Crippen LogP contribution >= 0.6 is 22.6 Å². The van der Waals surface area contributed by atoms with Gasteiger partial charge in [0.2, 0.25) is 0 Å². The molecule has 0 heterocycles. The van der Waals surface area contributed by atoms with Crippen molar-refractivity contribution in [2.45, 2.75) is 6.61 Å². The summed E-state index contributed by atoms with van der Waals surface area (Å²) in [5.41, 5.74) is 1.74. The number of anilines is 1. The Labute approximate surface area is 208 Å². The molecule has 1 amide bonds. The van der Waals surface area contributed by atoms with E-state index in [0.717, 1.165) is 9.13 Å². The highest BCUT2D eigenvalue weighted by Gasteiger charge is 2.12. The molecule has 0 atom stereocenters. The van der Waals surface area contributed by atoms with E-state index in [2.05, 4.69) is 27.9 Å². The minimum absolute atomic E-state index is 0.0169. The first kappa shape index (κ1) is 24.5. The van der Waals surface area contributed by atoms with Crippen molar-refractivity contribution in [1.29, 1.82) is 5.26 Å². The Bertz CT molecular complexity index is 1330. The molecule has 0 spiro atoms. The van der Waals surface area contributed by atoms with Gasteiger partial charge in [0.1, 0.15) is 24.0 Å². The standard InChI is InChI=1S/C25H17IN2O6/c26-21-11-16(6-9-22(21)34-14-15-4-7-17(8-5-15)24(30)31)10-19(13-27)23(29)28-20-3-1-2-18(12-20)25(32)33/h1-12H,14H2,(H,28,29)(H,30,31)(H,32,33)/b19-10-. The number of benzene rings is 3. The van der Waals surface area contributed by atoms with Crippen LogP contribution in [-0.2, 0) is 11.4 Å². The van der Waals surface area contributed by atoms with Gasteiger partial charge in [-0.05, 0) is 82.3 Å². The van der Waals surface area contributed by atoms with E-state index < -0.39 is 17.8 Å². The first-order chi connectivity index (χ1) is 16.3. The predicted octanol–water partition coefficient (Wildman–Crippen LogP) is 4.81. The van der Waals surface area contributed by atoms with E-state index in [1.165, 1.54) is 42.5 Å². The second-order valence-corrected chi connectivity index (χ2v) is 8.15. The zero-order valence-corrected chi connectivity index (χ0v) is 19.6. The molecule has 9 heteroatoms. The summed E-state index contributed by atoms with van der Waals surface area (Å²) in [7, 11) is 0. The average molecular weight is 568 g/mol. The van der Waals surface area contributed by atoms with Gasteiger partial charge in [0.15, 0.2) is 0 Å². The number of ether oxygens (including phenoxy) is 1. The van der Waals surface area contributed by atoms with Gasteiger partial charge in [-0.25, -0.2) is 9.59 Å². The molecule has 0 saturated heterocycles. The zero-order chi connectivity index (χ0) is 24.7. The Balaban J connectivity index is 1.69. The zero-order valence-electron chi connectivity index (χ0n) is 17.5. The highest BCUT2D eigenvalue weighted by Crippen LogP contribution is 2.24. The molecule has 8 nitrogen and oxygen atoms in total. The number of amides is 1. The van der Waals surface area contributed by atoms with Crippen LogP contribution in [0.1, 0.15) is 31.8 Å². The van der Waals surface area contributed by atoms with Gasteiger partial charge in [-0.2, -0.15) is 5.26 Å². The van der Waals surface area contributed by atoms with Crippen LogP contribution in [0.3, 0.4) is 0 Å². The molecule has 3 rings (SSSR count). The second-order valence-electron chi connectivity index (χ2n) is 6.99. The number of hydrogen-bond acceptors (Lipinski definition) is 5. The summed E-state index contributed by atoms with van der Waals surface area (Å²) in [4.78, 5) is 34.5. The molecule has 0 aliphatic heterocycles. The van der Waals surface area contributed by atoms with Gasteiger partial charge in [-0.1, -0.05) is 24.3 Å². The molecule has 0 fully saturated rings. The van der Waals surface area contributed by atoms with E-state index in [1.807, 2.05) is 6.07 Å². The summed E-state index contributed by atoms with van der Waals surface area (Å²) < 4.78 is 6.55. The van der Waals surface area contributed by atoms with Crippen LogP contribution in [0.2, 0.25) is 0 Å². The third kappa shape index (κ3) is 6.43. The number of nitrogens with one attached hydrogen (secondary N) is 1. The van der Waals surface area contributed by atoms with E-state index in [-0.39, 0.29) is 29.0 Å². The van der Waals surface area contributed by atoms with Crippen LogP contribution in [-0.4, -0.2) is 28.1 Å². The number of nitriles is 1. The van der Waals surface area contributed by atoms with Gasteiger partial charge in [-0.3, -0.25) is 4.79 Å². The fourth-order valence-corrected chi connectivity index (χ4v) is 3.57. The van der Waals surface area contributed by atoms with Crippen molar-refractivity contribution in [1.82, 2.24) is 0 Å². The van der Waals surface area contributed by atoms with Crippen LogP contribution in [0.5, 0.6) is 5.75 Å². The molecule has 3 N–H and O–H groups in total. The fourth-order valence-electron chi connectivity index (χ4n) is 2.87. The minimum atomic E-state index is -1.12. The Morgan fingerprint density at radius 3 is 2.29 bits per heavy atom. The maximum atomic E-state index is 12.5. The molecule has 0 radical (unpaired) electrons. The Hall–Kier alpha value is -4.17. The lowest BCUT2D eigenvalue weighted by molar-refractivity contribution is -0.112. The van der Waals surface area contributed by atoms with E-state index in [9.17, 15) is 19.6 Å². The highest BCUT2D eigenvalue weighted by atomic mass is 127. The van der Waals surface area contributed by atoms with Crippen molar-refractivity contribution in [2.24, 2.45) is 0 Å². The topological polar surface area (TPSA) is 137 Å². The Kier molecular flexibility index (Phi) is 8.00. The average Bonchev–Trinajstić information content (AvgIpc) is 2.82. The smallest absolute Gasteiger partial charge is 0.335 e. The number of hydrogen-bond donors (Lipinski definition) is 3. The number of carboxylic acid groups (broad SMARTS) is 2. The predicted molar refractivity (Wildman–Crippen MR) is 133 cm³/mol. The summed E-state index contributed by atoms with van der Waals surface area (Å²) in [6.07, 6.45) is 1.42. The molecular formula is C25H17IN2O6. The van der Waals surface area contributed by atoms with Crippen molar-refractivity contribution in [3.8, 4) is 11.8 Å². The molecule has 0 aromatic heterocycles. The molecule has 34 heavy (non-hydrogen) atoms. The van der Waals surface area contributed by atoms with Crippen LogP contribution in [0.15, 0.2) is 72.3 Å². The lowest BCUT2D eigenvalue weighted by Gasteiger charge is -2.10. The van der Waals surface area contributed by atoms with Gasteiger partial charge < -0.3 is 20.3 Å². The highest BCUT2D eigenvalue weighted by molar-refractivity contribution is 14.1. The number of carbonyl (C=O) groups excluding carboxylic acids is 1. The van der Waals surface area contributed by atoms with Gasteiger partial charge in [0.25, 0.3) is 5.91 Å². The maximum absolute atomic E-state index is 12.5. The molecule has 0 aliphatic carbocycles. The van der Waals surface area contributed by atoms with Crippen molar-refractivity contribution >= 4 is 52.2 Å². The van der Waals surface area contributed by atoms with Gasteiger partial charge in [-0.15, -0.1) is 0 Å². The van der Waals surface area contributed by atoms with Crippen molar-refractivity contribution in [2.75, 3.05) is 5.32 Å². The van der Waals surface area contributed by atoms with E-state index >= 15 is 0 Å². The molecule has 3 aromatic rings. The molecular weight excluding hydrogens is 551 g/mol. The summed E-state index contributed by atoms with van der Waals surface area (Å²) in [6, 6.07) is 19.1. The van der Waals surface area contributed by atoms with Crippen molar-refractivity contribution in [3.05, 3.63) is 98.1 Å². The minimum Gasteiger partial charge on any atom is -0.488 e. The number of nitrogens with zero attached hydrogens (tertiary/aromatic N) is 1. The summed E-state index contributed by atoms with van der Waals surface area (Å²) in [5.74, 6) is -2.19. The quantitative estimate of drug-likeness (QED) is 0.202. The van der Waals surface area contributed by atoms with Crippen LogP contribution in [0.4, 0.5) is 5.69 Å². The number of aromatic carboxylic acids is 2. The first-order valence-corrected chi connectivity index (χ1v) is 10.9.